The molecule has 20 heavy (non-hydrogen) atoms. The van der Waals surface area contributed by atoms with Gasteiger partial charge in [-0.15, -0.1) is 0 Å². The Morgan fingerprint density at radius 1 is 1.25 bits per heavy atom. The predicted molar refractivity (Wildman–Crippen MR) is 80.6 cm³/mol. The molecule has 2 unspecified atom stereocenters. The van der Waals surface area contributed by atoms with Crippen LogP contribution in [0.1, 0.15) is 22.8 Å². The summed E-state index contributed by atoms with van der Waals surface area (Å²) in [5.41, 5.74) is 0.731. The van der Waals surface area contributed by atoms with E-state index in [1.54, 1.807) is 12.2 Å². The van der Waals surface area contributed by atoms with E-state index in [1.165, 1.54) is 6.08 Å². The molecule has 0 radical (unpaired) electrons. The van der Waals surface area contributed by atoms with Gasteiger partial charge in [-0.3, -0.25) is 9.59 Å². The molecule has 0 bridgehead atoms. The van der Waals surface area contributed by atoms with Crippen molar-refractivity contribution in [3.8, 4) is 0 Å². The Balaban J connectivity index is 2.48. The van der Waals surface area contributed by atoms with Crippen molar-refractivity contribution in [1.82, 2.24) is 0 Å². The van der Waals surface area contributed by atoms with Gasteiger partial charge in [0.05, 0.1) is 11.3 Å². The number of allylic oxidation sites excluding steroid dienone is 5. The van der Waals surface area contributed by atoms with Crippen molar-refractivity contribution in [2.75, 3.05) is 0 Å². The Labute approximate surface area is 119 Å². The zero-order valence-corrected chi connectivity index (χ0v) is 11.8. The molecule has 2 atom stereocenters. The van der Waals surface area contributed by atoms with Gasteiger partial charge in [-0.1, -0.05) is 55.1 Å². The van der Waals surface area contributed by atoms with Gasteiger partial charge in [0.2, 0.25) is 0 Å². The molecule has 0 spiro atoms. The summed E-state index contributed by atoms with van der Waals surface area (Å²) < 4.78 is 0. The second-order valence-electron chi connectivity index (χ2n) is 5.25. The van der Waals surface area contributed by atoms with Crippen molar-refractivity contribution < 1.29 is 9.59 Å². The molecule has 1 aliphatic carbocycles. The maximum Gasteiger partial charge on any atom is 0.173 e. The van der Waals surface area contributed by atoms with Crippen LogP contribution in [0.4, 0.5) is 0 Å². The van der Waals surface area contributed by atoms with Crippen molar-refractivity contribution in [2.45, 2.75) is 13.8 Å². The summed E-state index contributed by atoms with van der Waals surface area (Å²) in [5, 5.41) is 0. The van der Waals surface area contributed by atoms with E-state index in [2.05, 4.69) is 6.58 Å². The van der Waals surface area contributed by atoms with Gasteiger partial charge in [-0.05, 0) is 25.5 Å². The molecule has 1 aromatic rings. The van der Waals surface area contributed by atoms with Crippen molar-refractivity contribution in [3.05, 3.63) is 72.4 Å². The predicted octanol–water partition coefficient (Wildman–Crippen LogP) is 3.68. The smallest absolute Gasteiger partial charge is 0.173 e. The second kappa shape index (κ2) is 5.41. The fraction of sp³-hybridized carbons (Fsp3) is 0.222. The average Bonchev–Trinajstić information content (AvgIpc) is 2.46. The summed E-state index contributed by atoms with van der Waals surface area (Å²) in [6, 6.07) is 7.46. The van der Waals surface area contributed by atoms with E-state index in [9.17, 15) is 9.59 Å². The van der Waals surface area contributed by atoms with Crippen LogP contribution in [0.3, 0.4) is 0 Å². The molecule has 102 valence electrons. The first kappa shape index (κ1) is 14.2. The van der Waals surface area contributed by atoms with Gasteiger partial charge in [0.1, 0.15) is 0 Å². The normalized spacial score (nSPS) is 24.4. The maximum atomic E-state index is 12.9. The molecule has 2 rings (SSSR count). The highest BCUT2D eigenvalue weighted by Gasteiger charge is 2.42. The zero-order chi connectivity index (χ0) is 14.8. The van der Waals surface area contributed by atoms with Gasteiger partial charge >= 0.3 is 0 Å². The first-order chi connectivity index (χ1) is 9.50. The van der Waals surface area contributed by atoms with Crippen LogP contribution in [0, 0.1) is 18.3 Å². The van der Waals surface area contributed by atoms with E-state index in [4.69, 9.17) is 0 Å². The number of carbonyl (C=O) groups excluding carboxylic acids is 2. The quantitative estimate of drug-likeness (QED) is 0.615. The zero-order valence-electron chi connectivity index (χ0n) is 11.8. The molecule has 1 aromatic carbocycles. The van der Waals surface area contributed by atoms with E-state index in [0.29, 0.717) is 5.56 Å². The molecule has 0 saturated heterocycles. The van der Waals surface area contributed by atoms with E-state index in [0.717, 1.165) is 5.56 Å². The number of hydrogen-bond donors (Lipinski definition) is 0. The second-order valence-corrected chi connectivity index (χ2v) is 5.25. The minimum Gasteiger partial charge on any atom is -0.294 e. The van der Waals surface area contributed by atoms with Crippen LogP contribution in [0.5, 0.6) is 0 Å². The topological polar surface area (TPSA) is 34.1 Å². The summed E-state index contributed by atoms with van der Waals surface area (Å²) in [7, 11) is 0. The van der Waals surface area contributed by atoms with E-state index in [1.807, 2.05) is 50.3 Å². The molecule has 0 aliphatic heterocycles. The monoisotopic (exact) mass is 266 g/mol. The van der Waals surface area contributed by atoms with Crippen molar-refractivity contribution >= 4 is 11.6 Å². The molecule has 0 fully saturated rings. The van der Waals surface area contributed by atoms with Crippen LogP contribution in [-0.2, 0) is 4.79 Å². The third kappa shape index (κ3) is 2.29. The standard InChI is InChI=1S/C18H18O2/c1-4-16(19)15-11-7-8-12-18(15,3)17(20)14-10-6-5-9-13(14)2/h4-12,15H,1H2,2-3H3. The summed E-state index contributed by atoms with van der Waals surface area (Å²) in [6.07, 6.45) is 8.51. The van der Waals surface area contributed by atoms with Crippen molar-refractivity contribution in [1.29, 1.82) is 0 Å². The third-order valence-corrected chi connectivity index (χ3v) is 3.89. The highest BCUT2D eigenvalue weighted by Crippen LogP contribution is 2.38. The molecule has 0 heterocycles. The van der Waals surface area contributed by atoms with Crippen LogP contribution in [0.25, 0.3) is 0 Å². The van der Waals surface area contributed by atoms with E-state index in [-0.39, 0.29) is 11.6 Å². The van der Waals surface area contributed by atoms with Gasteiger partial charge in [-0.2, -0.15) is 0 Å². The lowest BCUT2D eigenvalue weighted by Crippen LogP contribution is -2.38. The van der Waals surface area contributed by atoms with E-state index >= 15 is 0 Å². The number of aryl methyl sites for hydroxylation is 1. The Bertz CT molecular complexity index is 622. The van der Waals surface area contributed by atoms with Gasteiger partial charge in [0.25, 0.3) is 0 Å². The van der Waals surface area contributed by atoms with Crippen molar-refractivity contribution in [3.63, 3.8) is 0 Å². The number of ketones is 2. The van der Waals surface area contributed by atoms with Gasteiger partial charge < -0.3 is 0 Å². The summed E-state index contributed by atoms with van der Waals surface area (Å²) in [5.74, 6) is -0.649. The molecular formula is C18H18O2. The minimum atomic E-state index is -0.855. The summed E-state index contributed by atoms with van der Waals surface area (Å²) >= 11 is 0. The lowest BCUT2D eigenvalue weighted by molar-refractivity contribution is -0.118. The van der Waals surface area contributed by atoms with Crippen LogP contribution in [0.15, 0.2) is 61.2 Å². The molecule has 0 amide bonds. The van der Waals surface area contributed by atoms with Crippen LogP contribution in [-0.4, -0.2) is 11.6 Å². The van der Waals surface area contributed by atoms with Gasteiger partial charge in [0, 0.05) is 5.56 Å². The summed E-state index contributed by atoms with van der Waals surface area (Å²) in [6.45, 7) is 7.25. The number of carbonyl (C=O) groups is 2. The number of hydrogen-bond acceptors (Lipinski definition) is 2. The third-order valence-electron chi connectivity index (χ3n) is 3.89. The fourth-order valence-corrected chi connectivity index (χ4v) is 2.59. The largest absolute Gasteiger partial charge is 0.294 e. The number of Topliss-reactive ketones (excluding diaryl/α,β-unsaturated/α-hetero) is 1. The molecular weight excluding hydrogens is 248 g/mol. The summed E-state index contributed by atoms with van der Waals surface area (Å²) in [4.78, 5) is 24.9. The Hall–Kier alpha value is -2.22. The van der Waals surface area contributed by atoms with Crippen LogP contribution < -0.4 is 0 Å². The van der Waals surface area contributed by atoms with Crippen LogP contribution >= 0.6 is 0 Å². The molecule has 0 saturated carbocycles. The molecule has 2 heteroatoms. The molecule has 0 N–H and O–H groups in total. The highest BCUT2D eigenvalue weighted by molar-refractivity contribution is 6.07. The number of benzene rings is 1. The lowest BCUT2D eigenvalue weighted by Gasteiger charge is -2.32. The Morgan fingerprint density at radius 2 is 1.95 bits per heavy atom. The molecule has 0 aromatic heterocycles. The Morgan fingerprint density at radius 3 is 2.60 bits per heavy atom. The SMILES string of the molecule is C=CC(=O)C1C=CC=CC1(C)C(=O)c1ccccc1C. The molecule has 2 nitrogen and oxygen atoms in total. The first-order valence-electron chi connectivity index (χ1n) is 6.63. The Kier molecular flexibility index (Phi) is 3.84. The molecule has 1 aliphatic rings. The van der Waals surface area contributed by atoms with Crippen LogP contribution in [0.2, 0.25) is 0 Å². The van der Waals surface area contributed by atoms with E-state index < -0.39 is 11.3 Å². The maximum absolute atomic E-state index is 12.9. The van der Waals surface area contributed by atoms with Gasteiger partial charge in [0.15, 0.2) is 11.6 Å². The fourth-order valence-electron chi connectivity index (χ4n) is 2.59. The highest BCUT2D eigenvalue weighted by atomic mass is 16.1. The lowest BCUT2D eigenvalue weighted by atomic mass is 9.67. The minimum absolute atomic E-state index is 0.0311. The van der Waals surface area contributed by atoms with Crippen molar-refractivity contribution in [2.24, 2.45) is 11.3 Å². The number of rotatable bonds is 4. The van der Waals surface area contributed by atoms with Gasteiger partial charge in [-0.25, -0.2) is 0 Å². The first-order valence-corrected chi connectivity index (χ1v) is 6.63. The average molecular weight is 266 g/mol.